The second-order valence-electron chi connectivity index (χ2n) is 11.2. The molecule has 234 valence electrons. The van der Waals surface area contributed by atoms with Crippen molar-refractivity contribution in [2.45, 2.75) is 51.0 Å². The van der Waals surface area contributed by atoms with Gasteiger partial charge in [0.2, 0.25) is 11.8 Å². The van der Waals surface area contributed by atoms with Crippen molar-refractivity contribution in [2.75, 3.05) is 13.6 Å². The predicted molar refractivity (Wildman–Crippen MR) is 170 cm³/mol. The third-order valence-electron chi connectivity index (χ3n) is 7.55. The van der Waals surface area contributed by atoms with E-state index >= 15 is 0 Å². The van der Waals surface area contributed by atoms with Gasteiger partial charge >= 0.3 is 7.60 Å². The number of halogens is 1. The molecule has 0 bridgehead atoms. The molecule has 44 heavy (non-hydrogen) atoms. The van der Waals surface area contributed by atoms with Crippen LogP contribution in [0.2, 0.25) is 0 Å². The quantitative estimate of drug-likeness (QED) is 0.135. The molecule has 0 fully saturated rings. The van der Waals surface area contributed by atoms with Gasteiger partial charge in [0.15, 0.2) is 0 Å². The minimum Gasteiger partial charge on any atom is -0.357 e. The smallest absolute Gasteiger partial charge is 0.342 e. The first-order chi connectivity index (χ1) is 20.8. The molecular formula is C31H36BrN4O7P. The van der Waals surface area contributed by atoms with Gasteiger partial charge < -0.3 is 20.4 Å². The molecule has 3 atom stereocenters. The molecule has 0 aliphatic carbocycles. The standard InChI is InChI=1S/C31H36BrN4O7P/c1-18(2)16-24(29(38)35-25(28(37)33-3)17-19-8-5-4-6-9-19)34-26(44(41,42)43)14-15-36-30(39)21-11-7-10-20-23(32)13-12-22(27(20)21)31(36)40/h4-13,18,24-26,34H,14-17H2,1-3H3,(H,33,37)(H,35,38)(H2,41,42,43)/t24-,25?,26-/m0/s1. The Morgan fingerprint density at radius 1 is 0.909 bits per heavy atom. The summed E-state index contributed by atoms with van der Waals surface area (Å²) in [7, 11) is -3.42. The third kappa shape index (κ3) is 7.62. The van der Waals surface area contributed by atoms with Crippen LogP contribution in [0.1, 0.15) is 53.0 Å². The maximum atomic E-state index is 13.5. The molecule has 5 N–H and O–H groups in total. The van der Waals surface area contributed by atoms with Crippen LogP contribution < -0.4 is 16.0 Å². The molecule has 0 saturated heterocycles. The first kappa shape index (κ1) is 33.5. The fraction of sp³-hybridized carbons (Fsp3) is 0.355. The minimum atomic E-state index is -4.88. The molecule has 1 aliphatic rings. The number of hydrogen-bond acceptors (Lipinski definition) is 6. The van der Waals surface area contributed by atoms with E-state index in [-0.39, 0.29) is 31.7 Å². The van der Waals surface area contributed by atoms with Gasteiger partial charge in [0.25, 0.3) is 11.8 Å². The molecule has 4 rings (SSSR count). The van der Waals surface area contributed by atoms with Crippen LogP contribution in [0, 0.1) is 5.92 Å². The van der Waals surface area contributed by atoms with E-state index in [1.807, 2.05) is 44.2 Å². The Bertz CT molecular complexity index is 1590. The number of hydrogen-bond donors (Lipinski definition) is 5. The van der Waals surface area contributed by atoms with Crippen LogP contribution in [-0.4, -0.2) is 69.8 Å². The number of benzene rings is 3. The Kier molecular flexibility index (Phi) is 10.8. The van der Waals surface area contributed by atoms with Crippen molar-refractivity contribution < 1.29 is 33.5 Å². The fourth-order valence-corrected chi connectivity index (χ4v) is 6.66. The molecule has 0 aromatic heterocycles. The number of imide groups is 1. The largest absolute Gasteiger partial charge is 0.357 e. The van der Waals surface area contributed by atoms with E-state index < -0.39 is 49.1 Å². The lowest BCUT2D eigenvalue weighted by molar-refractivity contribution is -0.130. The highest BCUT2D eigenvalue weighted by atomic mass is 79.9. The van der Waals surface area contributed by atoms with Gasteiger partial charge in [-0.3, -0.25) is 34.0 Å². The maximum absolute atomic E-state index is 13.5. The van der Waals surface area contributed by atoms with Crippen LogP contribution in [0.25, 0.3) is 10.8 Å². The Morgan fingerprint density at radius 3 is 2.18 bits per heavy atom. The van der Waals surface area contributed by atoms with E-state index in [9.17, 15) is 33.5 Å². The van der Waals surface area contributed by atoms with E-state index in [4.69, 9.17) is 0 Å². The Labute approximate surface area is 264 Å². The predicted octanol–water partition coefficient (Wildman–Crippen LogP) is 3.57. The molecule has 1 unspecified atom stereocenters. The maximum Gasteiger partial charge on any atom is 0.342 e. The SMILES string of the molecule is CNC(=O)C(Cc1ccccc1)NC(=O)[C@H](CC(C)C)N[C@H](CCN1C(=O)c2cccc3c(Br)ccc(c23)C1=O)P(=O)(O)O. The van der Waals surface area contributed by atoms with Crippen LogP contribution >= 0.6 is 23.5 Å². The van der Waals surface area contributed by atoms with Crippen molar-refractivity contribution in [3.05, 3.63) is 81.8 Å². The van der Waals surface area contributed by atoms with Gasteiger partial charge in [-0.1, -0.05) is 72.2 Å². The summed E-state index contributed by atoms with van der Waals surface area (Å²) in [4.78, 5) is 74.5. The molecule has 4 amide bonds. The lowest BCUT2D eigenvalue weighted by Gasteiger charge is -2.31. The highest BCUT2D eigenvalue weighted by Gasteiger charge is 2.38. The molecular weight excluding hydrogens is 651 g/mol. The number of carbonyl (C=O) groups excluding carboxylic acids is 4. The summed E-state index contributed by atoms with van der Waals surface area (Å²) in [6, 6.07) is 15.6. The molecule has 0 saturated carbocycles. The molecule has 13 heteroatoms. The Morgan fingerprint density at radius 2 is 1.57 bits per heavy atom. The summed E-state index contributed by atoms with van der Waals surface area (Å²) in [6.45, 7) is 3.42. The van der Waals surface area contributed by atoms with Gasteiger partial charge in [-0.25, -0.2) is 0 Å². The van der Waals surface area contributed by atoms with Gasteiger partial charge in [-0.15, -0.1) is 0 Å². The zero-order valence-electron chi connectivity index (χ0n) is 24.6. The zero-order chi connectivity index (χ0) is 32.2. The summed E-state index contributed by atoms with van der Waals surface area (Å²) < 4.78 is 13.4. The summed E-state index contributed by atoms with van der Waals surface area (Å²) in [5.41, 5.74) is 1.45. The molecule has 0 radical (unpaired) electrons. The number of nitrogens with one attached hydrogen (secondary N) is 3. The monoisotopic (exact) mass is 686 g/mol. The molecule has 11 nitrogen and oxygen atoms in total. The lowest BCUT2D eigenvalue weighted by Crippen LogP contribution is -2.55. The number of nitrogens with zero attached hydrogens (tertiary/aromatic N) is 1. The van der Waals surface area contributed by atoms with Crippen molar-refractivity contribution >= 4 is 57.9 Å². The van der Waals surface area contributed by atoms with Crippen LogP contribution in [0.5, 0.6) is 0 Å². The first-order valence-electron chi connectivity index (χ1n) is 14.3. The van der Waals surface area contributed by atoms with Gasteiger partial charge in [-0.05, 0) is 47.9 Å². The Hall–Kier alpha value is -3.41. The average Bonchev–Trinajstić information content (AvgIpc) is 2.98. The topological polar surface area (TPSA) is 165 Å². The fourth-order valence-electron chi connectivity index (χ4n) is 5.37. The summed E-state index contributed by atoms with van der Waals surface area (Å²) >= 11 is 3.45. The molecule has 3 aromatic carbocycles. The number of amides is 4. The van der Waals surface area contributed by atoms with E-state index in [1.165, 1.54) is 7.05 Å². The van der Waals surface area contributed by atoms with Crippen LogP contribution in [0.15, 0.2) is 65.1 Å². The zero-order valence-corrected chi connectivity index (χ0v) is 27.1. The number of rotatable bonds is 13. The van der Waals surface area contributed by atoms with Crippen molar-refractivity contribution in [1.82, 2.24) is 20.9 Å². The number of likely N-dealkylation sites (N-methyl/N-ethyl adjacent to an activating group) is 1. The third-order valence-corrected chi connectivity index (χ3v) is 9.46. The van der Waals surface area contributed by atoms with Gasteiger partial charge in [0.05, 0.1) is 6.04 Å². The average molecular weight is 688 g/mol. The van der Waals surface area contributed by atoms with Crippen LogP contribution in [0.3, 0.4) is 0 Å². The van der Waals surface area contributed by atoms with Crippen LogP contribution in [-0.2, 0) is 20.6 Å². The van der Waals surface area contributed by atoms with E-state index in [0.29, 0.717) is 21.9 Å². The van der Waals surface area contributed by atoms with Crippen molar-refractivity contribution in [2.24, 2.45) is 5.92 Å². The highest BCUT2D eigenvalue weighted by molar-refractivity contribution is 9.10. The van der Waals surface area contributed by atoms with E-state index in [0.717, 1.165) is 14.9 Å². The summed E-state index contributed by atoms with van der Waals surface area (Å²) in [6.07, 6.45) is 0.112. The van der Waals surface area contributed by atoms with Gasteiger partial charge in [0, 0.05) is 41.0 Å². The second-order valence-corrected chi connectivity index (χ2v) is 13.8. The Balaban J connectivity index is 1.54. The molecule has 0 spiro atoms. The van der Waals surface area contributed by atoms with Crippen LogP contribution in [0.4, 0.5) is 0 Å². The second kappa shape index (κ2) is 14.1. The van der Waals surface area contributed by atoms with Crippen molar-refractivity contribution in [3.8, 4) is 0 Å². The first-order valence-corrected chi connectivity index (χ1v) is 16.7. The van der Waals surface area contributed by atoms with Gasteiger partial charge in [0.1, 0.15) is 11.8 Å². The molecule has 1 heterocycles. The highest BCUT2D eigenvalue weighted by Crippen LogP contribution is 2.42. The molecule has 3 aromatic rings. The minimum absolute atomic E-state index is 0.0511. The van der Waals surface area contributed by atoms with Crippen molar-refractivity contribution in [3.63, 3.8) is 0 Å². The normalized spacial score (nSPS) is 15.3. The van der Waals surface area contributed by atoms with Crippen molar-refractivity contribution in [1.29, 1.82) is 0 Å². The van der Waals surface area contributed by atoms with E-state index in [1.54, 1.807) is 30.3 Å². The lowest BCUT2D eigenvalue weighted by atomic mass is 9.94. The molecule has 1 aliphatic heterocycles. The summed E-state index contributed by atoms with van der Waals surface area (Å²) in [5, 5.41) is 9.32. The summed E-state index contributed by atoms with van der Waals surface area (Å²) in [5.74, 6) is -3.75. The number of carbonyl (C=O) groups is 4. The van der Waals surface area contributed by atoms with E-state index in [2.05, 4.69) is 31.9 Å². The van der Waals surface area contributed by atoms with Gasteiger partial charge in [-0.2, -0.15) is 0 Å².